The van der Waals surface area contributed by atoms with Crippen LogP contribution in [0.2, 0.25) is 0 Å². The van der Waals surface area contributed by atoms with Crippen molar-refractivity contribution in [2.24, 2.45) is 0 Å². The number of carbonyl (C=O) groups is 2. The standard InChI is InChI=1S/C13H14N2O4.C2H7N/c1-7(16)19-8-4-10-9(12(5-8)15(2)3)6-11(14-10)13(17)18;1-3-2/h4-6,14H,1-3H3,(H,17,18);3H,1-2H3. The van der Waals surface area contributed by atoms with Gasteiger partial charge in [0, 0.05) is 44.2 Å². The number of rotatable bonds is 3. The lowest BCUT2D eigenvalue weighted by molar-refractivity contribution is -0.131. The second-order valence-corrected chi connectivity index (χ2v) is 4.88. The molecule has 7 nitrogen and oxygen atoms in total. The molecule has 0 atom stereocenters. The number of hydrogen-bond donors (Lipinski definition) is 3. The maximum absolute atomic E-state index is 11.0. The Morgan fingerprint density at radius 2 is 1.82 bits per heavy atom. The molecular formula is C15H21N3O4. The Bertz CT molecular complexity index is 677. The first-order chi connectivity index (χ1) is 10.3. The molecule has 0 saturated carbocycles. The van der Waals surface area contributed by atoms with Gasteiger partial charge in [0.05, 0.1) is 5.52 Å². The van der Waals surface area contributed by atoms with Crippen molar-refractivity contribution in [3.8, 4) is 5.75 Å². The van der Waals surface area contributed by atoms with Gasteiger partial charge in [0.15, 0.2) is 0 Å². The number of aromatic carboxylic acids is 1. The fourth-order valence-corrected chi connectivity index (χ4v) is 1.90. The third-order valence-electron chi connectivity index (χ3n) is 2.66. The Kier molecular flexibility index (Phi) is 5.94. The minimum atomic E-state index is -1.03. The van der Waals surface area contributed by atoms with Gasteiger partial charge in [-0.1, -0.05) is 0 Å². The smallest absolute Gasteiger partial charge is 0.352 e. The highest BCUT2D eigenvalue weighted by Crippen LogP contribution is 2.31. The number of nitrogens with zero attached hydrogens (tertiary/aromatic N) is 1. The largest absolute Gasteiger partial charge is 0.477 e. The number of ether oxygens (including phenoxy) is 1. The highest BCUT2D eigenvalue weighted by atomic mass is 16.5. The van der Waals surface area contributed by atoms with Gasteiger partial charge < -0.3 is 25.0 Å². The molecule has 0 aliphatic carbocycles. The lowest BCUT2D eigenvalue weighted by atomic mass is 10.2. The number of aromatic amines is 1. The number of carbonyl (C=O) groups excluding carboxylic acids is 1. The van der Waals surface area contributed by atoms with Crippen molar-refractivity contribution in [1.82, 2.24) is 10.3 Å². The van der Waals surface area contributed by atoms with Crippen LogP contribution in [0.4, 0.5) is 5.69 Å². The van der Waals surface area contributed by atoms with E-state index in [0.717, 1.165) is 11.1 Å². The van der Waals surface area contributed by atoms with Gasteiger partial charge in [-0.3, -0.25) is 4.79 Å². The van der Waals surface area contributed by atoms with E-state index in [9.17, 15) is 9.59 Å². The fourth-order valence-electron chi connectivity index (χ4n) is 1.90. The van der Waals surface area contributed by atoms with Crippen LogP contribution in [-0.2, 0) is 4.79 Å². The van der Waals surface area contributed by atoms with Gasteiger partial charge in [-0.2, -0.15) is 0 Å². The van der Waals surface area contributed by atoms with Crippen molar-refractivity contribution >= 4 is 28.5 Å². The zero-order valence-corrected chi connectivity index (χ0v) is 13.4. The summed E-state index contributed by atoms with van der Waals surface area (Å²) < 4.78 is 5.05. The predicted octanol–water partition coefficient (Wildman–Crippen LogP) is 1.69. The minimum absolute atomic E-state index is 0.0954. The van der Waals surface area contributed by atoms with Gasteiger partial charge >= 0.3 is 11.9 Å². The predicted molar refractivity (Wildman–Crippen MR) is 85.9 cm³/mol. The number of fused-ring (bicyclic) bond motifs is 1. The van der Waals surface area contributed by atoms with E-state index in [1.54, 1.807) is 18.2 Å². The third-order valence-corrected chi connectivity index (χ3v) is 2.66. The van der Waals surface area contributed by atoms with Crippen molar-refractivity contribution in [2.45, 2.75) is 6.92 Å². The molecule has 0 unspecified atom stereocenters. The average molecular weight is 307 g/mol. The lowest BCUT2D eigenvalue weighted by Gasteiger charge is -2.15. The summed E-state index contributed by atoms with van der Waals surface area (Å²) in [4.78, 5) is 26.6. The van der Waals surface area contributed by atoms with Crippen LogP contribution in [0.5, 0.6) is 5.75 Å². The number of carboxylic acids is 1. The van der Waals surface area contributed by atoms with E-state index in [4.69, 9.17) is 9.84 Å². The number of nitrogens with one attached hydrogen (secondary N) is 2. The molecule has 120 valence electrons. The molecule has 0 spiro atoms. The summed E-state index contributed by atoms with van der Waals surface area (Å²) in [5.74, 6) is -1.08. The number of aromatic nitrogens is 1. The van der Waals surface area contributed by atoms with Crippen molar-refractivity contribution in [3.05, 3.63) is 23.9 Å². The zero-order chi connectivity index (χ0) is 16.9. The van der Waals surface area contributed by atoms with E-state index in [2.05, 4.69) is 10.3 Å². The molecule has 0 amide bonds. The summed E-state index contributed by atoms with van der Waals surface area (Å²) >= 11 is 0. The van der Waals surface area contributed by atoms with Crippen LogP contribution < -0.4 is 15.0 Å². The monoisotopic (exact) mass is 307 g/mol. The Hall–Kier alpha value is -2.54. The molecule has 0 radical (unpaired) electrons. The molecule has 3 N–H and O–H groups in total. The second-order valence-electron chi connectivity index (χ2n) is 4.88. The van der Waals surface area contributed by atoms with E-state index in [-0.39, 0.29) is 5.69 Å². The quantitative estimate of drug-likeness (QED) is 0.590. The van der Waals surface area contributed by atoms with Crippen LogP contribution in [0.15, 0.2) is 18.2 Å². The van der Waals surface area contributed by atoms with E-state index >= 15 is 0 Å². The average Bonchev–Trinajstić information content (AvgIpc) is 2.81. The van der Waals surface area contributed by atoms with Gasteiger partial charge in [0.1, 0.15) is 11.4 Å². The molecule has 0 bridgehead atoms. The van der Waals surface area contributed by atoms with Crippen LogP contribution >= 0.6 is 0 Å². The minimum Gasteiger partial charge on any atom is -0.477 e. The van der Waals surface area contributed by atoms with E-state index in [0.29, 0.717) is 11.3 Å². The van der Waals surface area contributed by atoms with Crippen LogP contribution in [0.1, 0.15) is 17.4 Å². The molecule has 2 aromatic rings. The summed E-state index contributed by atoms with van der Waals surface area (Å²) in [5.41, 5.74) is 1.48. The van der Waals surface area contributed by atoms with Crippen molar-refractivity contribution in [2.75, 3.05) is 33.1 Å². The van der Waals surface area contributed by atoms with Crippen LogP contribution in [-0.4, -0.2) is 50.2 Å². The lowest BCUT2D eigenvalue weighted by Crippen LogP contribution is -2.10. The van der Waals surface area contributed by atoms with Crippen LogP contribution in [0.3, 0.4) is 0 Å². The second kappa shape index (κ2) is 7.46. The summed E-state index contributed by atoms with van der Waals surface area (Å²) in [7, 11) is 7.42. The maximum atomic E-state index is 11.0. The molecule has 0 fully saturated rings. The zero-order valence-electron chi connectivity index (χ0n) is 13.4. The normalized spacial score (nSPS) is 9.86. The van der Waals surface area contributed by atoms with Gasteiger partial charge in [-0.15, -0.1) is 0 Å². The SMILES string of the molecule is CC(=O)Oc1cc(N(C)C)c2cc(C(=O)O)[nH]c2c1.CNC. The van der Waals surface area contributed by atoms with Crippen LogP contribution in [0.25, 0.3) is 10.9 Å². The number of anilines is 1. The highest BCUT2D eigenvalue weighted by molar-refractivity contribution is 6.00. The first-order valence-corrected chi connectivity index (χ1v) is 6.64. The van der Waals surface area contributed by atoms with Crippen molar-refractivity contribution in [1.29, 1.82) is 0 Å². The summed E-state index contributed by atoms with van der Waals surface area (Å²) in [6.45, 7) is 1.32. The molecule has 1 aromatic heterocycles. The number of hydrogen-bond acceptors (Lipinski definition) is 5. The summed E-state index contributed by atoms with van der Waals surface area (Å²) in [6, 6.07) is 4.87. The molecule has 0 aliphatic rings. The van der Waals surface area contributed by atoms with Gasteiger partial charge in [-0.25, -0.2) is 4.79 Å². The highest BCUT2D eigenvalue weighted by Gasteiger charge is 2.14. The Balaban J connectivity index is 0.000000745. The Morgan fingerprint density at radius 1 is 1.23 bits per heavy atom. The van der Waals surface area contributed by atoms with Gasteiger partial charge in [0.25, 0.3) is 0 Å². The Morgan fingerprint density at radius 3 is 2.27 bits per heavy atom. The van der Waals surface area contributed by atoms with E-state index in [1.807, 2.05) is 33.1 Å². The molecular weight excluding hydrogens is 286 g/mol. The maximum Gasteiger partial charge on any atom is 0.352 e. The number of benzene rings is 1. The van der Waals surface area contributed by atoms with Crippen LogP contribution in [0, 0.1) is 0 Å². The number of carboxylic acid groups (broad SMARTS) is 1. The van der Waals surface area contributed by atoms with Gasteiger partial charge in [0.2, 0.25) is 0 Å². The molecule has 22 heavy (non-hydrogen) atoms. The summed E-state index contributed by atoms with van der Waals surface area (Å²) in [5, 5.41) is 12.5. The molecule has 0 saturated heterocycles. The van der Waals surface area contributed by atoms with Gasteiger partial charge in [-0.05, 0) is 20.2 Å². The number of esters is 1. The van der Waals surface area contributed by atoms with E-state index in [1.165, 1.54) is 6.92 Å². The van der Waals surface area contributed by atoms with Crippen molar-refractivity contribution in [3.63, 3.8) is 0 Å². The van der Waals surface area contributed by atoms with E-state index < -0.39 is 11.9 Å². The first-order valence-electron chi connectivity index (χ1n) is 6.64. The summed E-state index contributed by atoms with van der Waals surface area (Å²) in [6.07, 6.45) is 0. The molecule has 1 aromatic carbocycles. The topological polar surface area (TPSA) is 94.7 Å². The molecule has 1 heterocycles. The Labute approximate surface area is 128 Å². The fraction of sp³-hybridized carbons (Fsp3) is 0.333. The molecule has 7 heteroatoms. The molecule has 0 aliphatic heterocycles. The first kappa shape index (κ1) is 17.5. The van der Waals surface area contributed by atoms with Crippen molar-refractivity contribution < 1.29 is 19.4 Å². The number of H-pyrrole nitrogens is 1. The molecule has 2 rings (SSSR count). The third kappa shape index (κ3) is 4.23.